The van der Waals surface area contributed by atoms with E-state index in [1.165, 1.54) is 77.6 Å². The van der Waals surface area contributed by atoms with E-state index in [1.807, 2.05) is 0 Å². The molecule has 1 nitrogen and oxygen atoms in total. The number of rotatable bonds is 4. The maximum atomic E-state index is 2.44. The Morgan fingerprint density at radius 3 is 1.93 bits per heavy atom. The van der Waals surface area contributed by atoms with Gasteiger partial charge in [-0.1, -0.05) is 135 Å². The number of aryl methyl sites for hydroxylation is 1. The highest BCUT2D eigenvalue weighted by molar-refractivity contribution is 6.10. The van der Waals surface area contributed by atoms with Crippen LogP contribution in [0.15, 0.2) is 133 Å². The zero-order valence-electron chi connectivity index (χ0n) is 24.8. The molecule has 0 radical (unpaired) electrons. The Bertz CT molecular complexity index is 2190. The van der Waals surface area contributed by atoms with Gasteiger partial charge in [-0.05, 0) is 81.8 Å². The minimum absolute atomic E-state index is 0.0324. The van der Waals surface area contributed by atoms with Crippen LogP contribution in [-0.4, -0.2) is 4.57 Å². The molecule has 1 aliphatic rings. The number of para-hydroxylation sites is 1. The highest BCUT2D eigenvalue weighted by Gasteiger charge is 2.35. The highest BCUT2D eigenvalue weighted by atomic mass is 15.0. The van der Waals surface area contributed by atoms with E-state index in [0.717, 1.165) is 0 Å². The van der Waals surface area contributed by atoms with Gasteiger partial charge in [0.1, 0.15) is 0 Å². The first-order valence-electron chi connectivity index (χ1n) is 15.1. The van der Waals surface area contributed by atoms with Gasteiger partial charge in [-0.15, -0.1) is 0 Å². The Morgan fingerprint density at radius 1 is 0.512 bits per heavy atom. The summed E-state index contributed by atoms with van der Waals surface area (Å²) in [5.74, 6) is 0. The van der Waals surface area contributed by atoms with Gasteiger partial charge in [0.05, 0.1) is 11.0 Å². The summed E-state index contributed by atoms with van der Waals surface area (Å²) in [4.78, 5) is 0. The molecule has 43 heavy (non-hydrogen) atoms. The van der Waals surface area contributed by atoms with Crippen molar-refractivity contribution in [1.82, 2.24) is 4.57 Å². The topological polar surface area (TPSA) is 4.93 Å². The highest BCUT2D eigenvalue weighted by Crippen LogP contribution is 2.49. The second-order valence-corrected chi connectivity index (χ2v) is 12.4. The molecule has 0 amide bonds. The van der Waals surface area contributed by atoms with E-state index in [4.69, 9.17) is 0 Å². The summed E-state index contributed by atoms with van der Waals surface area (Å²) in [7, 11) is 0. The molecule has 1 aliphatic carbocycles. The molecule has 1 heterocycles. The Morgan fingerprint density at radius 2 is 1.14 bits per heavy atom. The average molecular weight is 552 g/mol. The van der Waals surface area contributed by atoms with Crippen molar-refractivity contribution < 1.29 is 0 Å². The third-order valence-electron chi connectivity index (χ3n) is 9.29. The van der Waals surface area contributed by atoms with Crippen LogP contribution >= 0.6 is 0 Å². The van der Waals surface area contributed by atoms with Crippen molar-refractivity contribution >= 4 is 34.0 Å². The molecule has 1 heteroatoms. The first kappa shape index (κ1) is 25.6. The number of nitrogens with zero attached hydrogens (tertiary/aromatic N) is 1. The van der Waals surface area contributed by atoms with Gasteiger partial charge < -0.3 is 4.57 Å². The first-order chi connectivity index (χ1) is 21.0. The molecule has 0 atom stereocenters. The number of benzene rings is 6. The molecule has 1 aromatic heterocycles. The molecular weight excluding hydrogens is 518 g/mol. The lowest BCUT2D eigenvalue weighted by Gasteiger charge is -2.22. The Hall–Kier alpha value is -5.14. The fourth-order valence-electron chi connectivity index (χ4n) is 6.92. The van der Waals surface area contributed by atoms with Crippen LogP contribution in [0.4, 0.5) is 0 Å². The Labute approximate surface area is 253 Å². The molecule has 0 fully saturated rings. The van der Waals surface area contributed by atoms with Gasteiger partial charge in [0.25, 0.3) is 0 Å². The molecule has 0 unspecified atom stereocenters. The van der Waals surface area contributed by atoms with Crippen LogP contribution in [0.1, 0.15) is 41.7 Å². The van der Waals surface area contributed by atoms with Crippen LogP contribution in [0.5, 0.6) is 0 Å². The molecule has 0 saturated carbocycles. The summed E-state index contributed by atoms with van der Waals surface area (Å²) < 4.78 is 2.44. The van der Waals surface area contributed by atoms with E-state index < -0.39 is 0 Å². The summed E-state index contributed by atoms with van der Waals surface area (Å²) in [6, 6.07) is 49.1. The van der Waals surface area contributed by atoms with Crippen LogP contribution in [0.3, 0.4) is 0 Å². The first-order valence-corrected chi connectivity index (χ1v) is 15.1. The van der Waals surface area contributed by atoms with Crippen LogP contribution < -0.4 is 0 Å². The van der Waals surface area contributed by atoms with Gasteiger partial charge in [0.2, 0.25) is 0 Å². The fourth-order valence-corrected chi connectivity index (χ4v) is 6.92. The largest absolute Gasteiger partial charge is 0.309 e. The van der Waals surface area contributed by atoms with E-state index in [9.17, 15) is 0 Å². The molecule has 6 aromatic carbocycles. The molecule has 8 rings (SSSR count). The monoisotopic (exact) mass is 551 g/mol. The predicted molar refractivity (Wildman–Crippen MR) is 184 cm³/mol. The molecule has 7 aromatic rings. The predicted octanol–water partition coefficient (Wildman–Crippen LogP) is 11.2. The van der Waals surface area contributed by atoms with Gasteiger partial charge in [0.15, 0.2) is 0 Å². The van der Waals surface area contributed by atoms with Crippen molar-refractivity contribution in [2.45, 2.75) is 26.2 Å². The average Bonchev–Trinajstić information content (AvgIpc) is 3.49. The van der Waals surface area contributed by atoms with Crippen molar-refractivity contribution in [3.8, 4) is 27.9 Å². The van der Waals surface area contributed by atoms with Crippen molar-refractivity contribution in [3.05, 3.63) is 161 Å². The summed E-state index contributed by atoms with van der Waals surface area (Å²) in [6.07, 6.45) is 4.36. The number of hydrogen-bond acceptors (Lipinski definition) is 0. The summed E-state index contributed by atoms with van der Waals surface area (Å²) >= 11 is 0. The van der Waals surface area contributed by atoms with E-state index in [0.29, 0.717) is 0 Å². The van der Waals surface area contributed by atoms with Crippen molar-refractivity contribution in [2.24, 2.45) is 0 Å². The summed E-state index contributed by atoms with van der Waals surface area (Å²) in [5, 5.41) is 2.56. The van der Waals surface area contributed by atoms with Crippen molar-refractivity contribution in [2.75, 3.05) is 0 Å². The van der Waals surface area contributed by atoms with Gasteiger partial charge in [-0.3, -0.25) is 0 Å². The molecule has 0 spiro atoms. The normalized spacial score (nSPS) is 13.6. The van der Waals surface area contributed by atoms with E-state index >= 15 is 0 Å². The van der Waals surface area contributed by atoms with Gasteiger partial charge >= 0.3 is 0 Å². The van der Waals surface area contributed by atoms with Crippen molar-refractivity contribution in [1.29, 1.82) is 0 Å². The second-order valence-electron chi connectivity index (χ2n) is 12.4. The lowest BCUT2D eigenvalue weighted by Crippen LogP contribution is -2.15. The zero-order valence-corrected chi connectivity index (χ0v) is 24.8. The van der Waals surface area contributed by atoms with E-state index in [1.54, 1.807) is 0 Å². The van der Waals surface area contributed by atoms with Crippen molar-refractivity contribution in [3.63, 3.8) is 0 Å². The fraction of sp³-hybridized carbons (Fsp3) is 0.0952. The molecule has 0 bridgehead atoms. The third-order valence-corrected chi connectivity index (χ3v) is 9.29. The quantitative estimate of drug-likeness (QED) is 0.192. The minimum Gasteiger partial charge on any atom is -0.309 e. The maximum Gasteiger partial charge on any atom is 0.0541 e. The molecular formula is C42H33N. The standard InChI is InChI=1S/C42H33N/c1-28-12-14-29(15-13-28)16-17-30-18-20-31(21-19-30)32-22-25-41-37(26-32)36-9-5-7-11-40(36)43(41)33-23-24-35-34-8-4-6-10-38(34)42(2,3)39(35)27-33/h4-27H,1-3H3/b17-16+. The number of aromatic nitrogens is 1. The lowest BCUT2D eigenvalue weighted by molar-refractivity contribution is 0.660. The Kier molecular flexibility index (Phi) is 5.77. The summed E-state index contributed by atoms with van der Waals surface area (Å²) in [6.45, 7) is 6.82. The zero-order chi connectivity index (χ0) is 29.1. The lowest BCUT2D eigenvalue weighted by atomic mass is 9.82. The molecule has 0 aliphatic heterocycles. The summed E-state index contributed by atoms with van der Waals surface area (Å²) in [5.41, 5.74) is 15.3. The maximum absolute atomic E-state index is 2.44. The smallest absolute Gasteiger partial charge is 0.0541 e. The SMILES string of the molecule is Cc1ccc(/C=C/c2ccc(-c3ccc4c(c3)c3ccccc3n4-c3ccc4c(c3)C(C)(C)c3ccccc3-4)cc2)cc1. The van der Waals surface area contributed by atoms with E-state index in [-0.39, 0.29) is 5.41 Å². The molecule has 206 valence electrons. The number of hydrogen-bond donors (Lipinski definition) is 0. The number of fused-ring (bicyclic) bond motifs is 6. The van der Waals surface area contributed by atoms with Crippen LogP contribution in [0.2, 0.25) is 0 Å². The van der Waals surface area contributed by atoms with Gasteiger partial charge in [-0.2, -0.15) is 0 Å². The second kappa shape index (κ2) is 9.71. The molecule has 0 saturated heterocycles. The molecule has 0 N–H and O–H groups in total. The van der Waals surface area contributed by atoms with Crippen LogP contribution in [0, 0.1) is 6.92 Å². The van der Waals surface area contributed by atoms with Crippen LogP contribution in [-0.2, 0) is 5.41 Å². The minimum atomic E-state index is -0.0324. The van der Waals surface area contributed by atoms with Crippen LogP contribution in [0.25, 0.3) is 61.9 Å². The Balaban J connectivity index is 1.19. The van der Waals surface area contributed by atoms with E-state index in [2.05, 4.69) is 171 Å². The third kappa shape index (κ3) is 4.15. The van der Waals surface area contributed by atoms with Gasteiger partial charge in [0, 0.05) is 21.9 Å². The van der Waals surface area contributed by atoms with Gasteiger partial charge in [-0.25, -0.2) is 0 Å².